The van der Waals surface area contributed by atoms with Crippen LogP contribution in [0.2, 0.25) is 0 Å². The molecular formula is C33H51NO6S. The number of aliphatic hydroxyl groups excluding tert-OH is 2. The number of nitrogens with one attached hydrogen (secondary N) is 1. The molecule has 0 radical (unpaired) electrons. The van der Waals surface area contributed by atoms with Crippen LogP contribution >= 0.6 is 0 Å². The molecule has 11 atom stereocenters. The molecule has 41 heavy (non-hydrogen) atoms. The summed E-state index contributed by atoms with van der Waals surface area (Å²) >= 11 is 0. The van der Waals surface area contributed by atoms with Gasteiger partial charge in [0, 0.05) is 12.5 Å². The van der Waals surface area contributed by atoms with E-state index >= 15 is 0 Å². The number of carbonyl (C=O) groups is 1. The van der Waals surface area contributed by atoms with Crippen molar-refractivity contribution in [1.82, 2.24) is 4.72 Å². The first-order valence-electron chi connectivity index (χ1n) is 16.0. The number of fused-ring (bicyclic) bond motifs is 5. The maximum Gasteiger partial charge on any atom is 0.264 e. The molecule has 0 aromatic heterocycles. The number of phenols is 1. The molecular weight excluding hydrogens is 538 g/mol. The molecule has 4 aliphatic rings. The first-order chi connectivity index (χ1) is 19.3. The van der Waals surface area contributed by atoms with Crippen LogP contribution in [0.5, 0.6) is 5.75 Å². The zero-order chi connectivity index (χ0) is 29.7. The molecule has 0 heterocycles. The lowest BCUT2D eigenvalue weighted by molar-refractivity contribution is -0.203. The number of hydrogen-bond donors (Lipinski definition) is 4. The predicted octanol–water partition coefficient (Wildman–Crippen LogP) is 5.63. The Morgan fingerprint density at radius 2 is 1.76 bits per heavy atom. The summed E-state index contributed by atoms with van der Waals surface area (Å²) < 4.78 is 27.2. The molecule has 8 heteroatoms. The van der Waals surface area contributed by atoms with Gasteiger partial charge in [0.05, 0.1) is 17.1 Å². The quantitative estimate of drug-likeness (QED) is 0.312. The van der Waals surface area contributed by atoms with Crippen LogP contribution in [-0.4, -0.2) is 41.9 Å². The van der Waals surface area contributed by atoms with Gasteiger partial charge in [0.25, 0.3) is 10.0 Å². The first-order valence-corrected chi connectivity index (χ1v) is 17.5. The van der Waals surface area contributed by atoms with Crippen molar-refractivity contribution in [3.05, 3.63) is 24.3 Å². The van der Waals surface area contributed by atoms with Crippen LogP contribution in [0.25, 0.3) is 0 Å². The number of hydrogen-bond acceptors (Lipinski definition) is 6. The van der Waals surface area contributed by atoms with Gasteiger partial charge in [-0.05, 0) is 122 Å². The van der Waals surface area contributed by atoms with Crippen molar-refractivity contribution in [2.45, 2.75) is 115 Å². The van der Waals surface area contributed by atoms with E-state index in [0.717, 1.165) is 57.4 Å². The number of sulfonamides is 1. The third-order valence-electron chi connectivity index (χ3n) is 12.6. The zero-order valence-electron chi connectivity index (χ0n) is 25.3. The molecule has 0 spiro atoms. The maximum absolute atomic E-state index is 12.5. The van der Waals surface area contributed by atoms with Gasteiger partial charge < -0.3 is 15.3 Å². The van der Waals surface area contributed by atoms with Crippen LogP contribution in [0.15, 0.2) is 29.2 Å². The van der Waals surface area contributed by atoms with Crippen LogP contribution in [0.1, 0.15) is 98.3 Å². The van der Waals surface area contributed by atoms with E-state index in [9.17, 15) is 28.5 Å². The minimum Gasteiger partial charge on any atom is -0.508 e. The monoisotopic (exact) mass is 589 g/mol. The lowest BCUT2D eigenvalue weighted by Crippen LogP contribution is -2.62. The molecule has 1 aromatic carbocycles. The van der Waals surface area contributed by atoms with Gasteiger partial charge in [-0.25, -0.2) is 13.1 Å². The molecule has 1 aromatic rings. The minimum atomic E-state index is -4.01. The smallest absolute Gasteiger partial charge is 0.264 e. The van der Waals surface area contributed by atoms with Crippen LogP contribution < -0.4 is 4.72 Å². The van der Waals surface area contributed by atoms with Crippen molar-refractivity contribution in [3.8, 4) is 5.75 Å². The average molecular weight is 590 g/mol. The molecule has 4 fully saturated rings. The largest absolute Gasteiger partial charge is 0.508 e. The van der Waals surface area contributed by atoms with Gasteiger partial charge in [-0.15, -0.1) is 0 Å². The molecule has 0 saturated heterocycles. The highest BCUT2D eigenvalue weighted by Crippen LogP contribution is 2.69. The van der Waals surface area contributed by atoms with E-state index in [0.29, 0.717) is 41.9 Å². The Morgan fingerprint density at radius 3 is 2.46 bits per heavy atom. The summed E-state index contributed by atoms with van der Waals surface area (Å²) in [5, 5.41) is 32.0. The minimum absolute atomic E-state index is 0.125. The molecule has 0 bridgehead atoms. The van der Waals surface area contributed by atoms with Gasteiger partial charge in [-0.3, -0.25) is 4.79 Å². The van der Waals surface area contributed by atoms with Crippen molar-refractivity contribution >= 4 is 15.9 Å². The molecule has 5 rings (SSSR count). The van der Waals surface area contributed by atoms with Crippen LogP contribution in [0.3, 0.4) is 0 Å². The van der Waals surface area contributed by atoms with Crippen molar-refractivity contribution in [2.75, 3.05) is 0 Å². The summed E-state index contributed by atoms with van der Waals surface area (Å²) in [6.45, 7) is 9.43. The molecule has 7 nitrogen and oxygen atoms in total. The van der Waals surface area contributed by atoms with Gasteiger partial charge in [-0.1, -0.05) is 40.2 Å². The van der Waals surface area contributed by atoms with E-state index in [4.69, 9.17) is 0 Å². The summed E-state index contributed by atoms with van der Waals surface area (Å²) in [6, 6.07) is 5.31. The number of carbonyl (C=O) groups excluding carboxylic acids is 1. The Kier molecular flexibility index (Phi) is 8.61. The topological polar surface area (TPSA) is 124 Å². The fourth-order valence-corrected chi connectivity index (χ4v) is 11.7. The molecule has 230 valence electrons. The second-order valence-electron chi connectivity index (χ2n) is 14.5. The molecule has 2 unspecified atom stereocenters. The molecule has 4 saturated carbocycles. The first kappa shape index (κ1) is 30.8. The highest BCUT2D eigenvalue weighted by molar-refractivity contribution is 7.90. The highest BCUT2D eigenvalue weighted by Gasteiger charge is 2.64. The van der Waals surface area contributed by atoms with E-state index in [2.05, 4.69) is 32.4 Å². The number of phenolic OH excluding ortho intramolecular Hbond substituents is 1. The zero-order valence-corrected chi connectivity index (χ0v) is 26.1. The Bertz CT molecular complexity index is 1220. The number of rotatable bonds is 8. The molecule has 4 aliphatic carbocycles. The third kappa shape index (κ3) is 5.46. The SMILES string of the molecule is CC[C@H]1[C@@H](O)[C@@H]2[C@@H]3CC[C@H]([C@H](C)CCCC(=O)NS(=O)(=O)c4cccc(O)c4)C3(C)CC[C@@H]2C2(C)CC[C@@H](O)C[C@@H]12. The Balaban J connectivity index is 1.22. The fourth-order valence-electron chi connectivity index (χ4n) is 10.6. The van der Waals surface area contributed by atoms with E-state index < -0.39 is 15.9 Å². The normalized spacial score (nSPS) is 41.1. The lowest BCUT2D eigenvalue weighted by Gasteiger charge is -2.64. The number of benzene rings is 1. The Morgan fingerprint density at radius 1 is 1.05 bits per heavy atom. The number of aromatic hydroxyl groups is 1. The van der Waals surface area contributed by atoms with Gasteiger partial charge in [0.2, 0.25) is 5.91 Å². The predicted molar refractivity (Wildman–Crippen MR) is 158 cm³/mol. The van der Waals surface area contributed by atoms with Gasteiger partial charge in [0.1, 0.15) is 5.75 Å². The van der Waals surface area contributed by atoms with Gasteiger partial charge in [-0.2, -0.15) is 0 Å². The Labute approximate surface area is 246 Å². The van der Waals surface area contributed by atoms with Crippen molar-refractivity contribution in [1.29, 1.82) is 0 Å². The van der Waals surface area contributed by atoms with Crippen LogP contribution in [0.4, 0.5) is 0 Å². The molecule has 1 amide bonds. The summed E-state index contributed by atoms with van der Waals surface area (Å²) in [5.41, 5.74) is 0.360. The average Bonchev–Trinajstić information content (AvgIpc) is 3.27. The molecule has 0 aliphatic heterocycles. The molecule has 4 N–H and O–H groups in total. The summed E-state index contributed by atoms with van der Waals surface area (Å²) in [6.07, 6.45) is 9.44. The summed E-state index contributed by atoms with van der Waals surface area (Å²) in [4.78, 5) is 12.4. The second kappa shape index (κ2) is 11.5. The fraction of sp³-hybridized carbons (Fsp3) is 0.788. The third-order valence-corrected chi connectivity index (χ3v) is 14.0. The van der Waals surface area contributed by atoms with Crippen molar-refractivity contribution < 1.29 is 28.5 Å². The van der Waals surface area contributed by atoms with E-state index in [-0.39, 0.29) is 46.0 Å². The second-order valence-corrected chi connectivity index (χ2v) is 16.2. The Hall–Kier alpha value is -1.64. The number of amides is 1. The van der Waals surface area contributed by atoms with Gasteiger partial charge in [0.15, 0.2) is 0 Å². The van der Waals surface area contributed by atoms with Crippen LogP contribution in [-0.2, 0) is 14.8 Å². The standard InChI is InChI=1S/C33H51NO6S/c1-5-24-28-19-22(36)14-16-33(28,4)27-15-17-32(3)25(12-13-26(32)30(27)31(24)38)20(2)8-6-11-29(37)34-41(39,40)23-10-7-9-21(35)18-23/h7,9-10,18,20,22,24-28,30-31,35-36,38H,5-6,8,11-17,19H2,1-4H3,(H,34,37)/t20-,22-,24-,25-,26+,27+,28+,30-,31-,32?,33?/m1/s1. The highest BCUT2D eigenvalue weighted by atomic mass is 32.2. The van der Waals surface area contributed by atoms with E-state index in [1.54, 1.807) is 0 Å². The van der Waals surface area contributed by atoms with E-state index in [1.807, 2.05) is 0 Å². The van der Waals surface area contributed by atoms with Crippen LogP contribution in [0, 0.1) is 52.3 Å². The maximum atomic E-state index is 12.5. The van der Waals surface area contributed by atoms with Crippen molar-refractivity contribution in [3.63, 3.8) is 0 Å². The summed E-state index contributed by atoms with van der Waals surface area (Å²) in [7, 11) is -4.01. The lowest BCUT2D eigenvalue weighted by atomic mass is 9.41. The van der Waals surface area contributed by atoms with Gasteiger partial charge >= 0.3 is 0 Å². The number of aliphatic hydroxyl groups is 2. The van der Waals surface area contributed by atoms with E-state index in [1.165, 1.54) is 24.6 Å². The summed E-state index contributed by atoms with van der Waals surface area (Å²) in [5.74, 6) is 2.24. The van der Waals surface area contributed by atoms with Crippen molar-refractivity contribution in [2.24, 2.45) is 52.3 Å².